The Bertz CT molecular complexity index is 1480. The fourth-order valence-corrected chi connectivity index (χ4v) is 5.56. The summed E-state index contributed by atoms with van der Waals surface area (Å²) in [5, 5.41) is 15.1. The van der Waals surface area contributed by atoms with Crippen LogP contribution in [0.5, 0.6) is 0 Å². The number of aromatic amines is 1. The second-order valence-electron chi connectivity index (χ2n) is 8.75. The van der Waals surface area contributed by atoms with Gasteiger partial charge in [0.1, 0.15) is 0 Å². The van der Waals surface area contributed by atoms with E-state index in [-0.39, 0.29) is 0 Å². The Morgan fingerprint density at radius 1 is 0.971 bits per heavy atom. The van der Waals surface area contributed by atoms with Gasteiger partial charge in [-0.2, -0.15) is 0 Å². The molecule has 3 N–H and O–H groups in total. The van der Waals surface area contributed by atoms with Gasteiger partial charge in [0.05, 0.1) is 22.8 Å². The van der Waals surface area contributed by atoms with Crippen molar-refractivity contribution in [2.75, 3.05) is 19.6 Å². The third-order valence-corrected chi connectivity index (χ3v) is 7.32. The normalized spacial score (nSPS) is 15.1. The van der Waals surface area contributed by atoms with Crippen LogP contribution < -0.4 is 5.32 Å². The number of aliphatic hydroxyl groups excluding tert-OH is 1. The Balaban J connectivity index is 1.68. The highest BCUT2D eigenvalue weighted by atomic mass is 79.9. The van der Waals surface area contributed by atoms with Crippen molar-refractivity contribution >= 4 is 60.7 Å². The van der Waals surface area contributed by atoms with Crippen molar-refractivity contribution in [2.45, 2.75) is 26.5 Å². The van der Waals surface area contributed by atoms with E-state index in [2.05, 4.69) is 45.0 Å². The number of aromatic nitrogens is 2. The number of carbonyl (C=O) groups is 2. The summed E-state index contributed by atoms with van der Waals surface area (Å²) in [7, 11) is 0. The summed E-state index contributed by atoms with van der Waals surface area (Å²) in [6, 6.07) is 13.5. The number of hydrogen-bond acceptors (Lipinski definition) is 4. The Morgan fingerprint density at radius 2 is 1.66 bits per heavy atom. The second-order valence-corrected chi connectivity index (χ2v) is 9.61. The zero-order chi connectivity index (χ0) is 24.7. The number of fused-ring (bicyclic) bond motifs is 2. The van der Waals surface area contributed by atoms with Gasteiger partial charge < -0.3 is 19.6 Å². The van der Waals surface area contributed by atoms with Crippen LogP contribution in [-0.4, -0.2) is 57.1 Å². The zero-order valence-electron chi connectivity index (χ0n) is 19.6. The van der Waals surface area contributed by atoms with Crippen LogP contribution in [0.4, 0.5) is 0 Å². The molecule has 3 heterocycles. The predicted octanol–water partition coefficient (Wildman–Crippen LogP) is 4.16. The van der Waals surface area contributed by atoms with Crippen molar-refractivity contribution < 1.29 is 14.7 Å². The Morgan fingerprint density at radius 3 is 2.40 bits per heavy atom. The van der Waals surface area contributed by atoms with E-state index in [1.165, 1.54) is 0 Å². The van der Waals surface area contributed by atoms with E-state index in [0.717, 1.165) is 39.4 Å². The molecule has 1 aliphatic rings. The van der Waals surface area contributed by atoms with Gasteiger partial charge in [-0.3, -0.25) is 14.9 Å². The molecular formula is C27H27BrN4O3. The maximum atomic E-state index is 13.1. The number of likely N-dealkylation sites (N-methyl/N-ethyl adjacent to an activating group) is 1. The number of para-hydroxylation sites is 2. The largest absolute Gasteiger partial charge is 0.390 e. The fourth-order valence-electron chi connectivity index (χ4n) is 4.97. The number of nitrogens with one attached hydrogen (secondary N) is 2. The number of benzene rings is 2. The molecule has 2 aromatic heterocycles. The lowest BCUT2D eigenvalue weighted by molar-refractivity contribution is -0.122. The van der Waals surface area contributed by atoms with Crippen molar-refractivity contribution in [1.82, 2.24) is 19.8 Å². The summed E-state index contributed by atoms with van der Waals surface area (Å²) in [6.45, 7) is 6.78. The molecule has 0 aliphatic carbocycles. The summed E-state index contributed by atoms with van der Waals surface area (Å²) in [5.41, 5.74) is 3.83. The van der Waals surface area contributed by atoms with Gasteiger partial charge >= 0.3 is 0 Å². The summed E-state index contributed by atoms with van der Waals surface area (Å²) >= 11 is 3.65. The highest BCUT2D eigenvalue weighted by Crippen LogP contribution is 2.39. The van der Waals surface area contributed by atoms with Gasteiger partial charge in [-0.1, -0.05) is 44.2 Å². The molecule has 0 radical (unpaired) electrons. The third kappa shape index (κ3) is 4.11. The molecule has 0 saturated heterocycles. The lowest BCUT2D eigenvalue weighted by Gasteiger charge is -2.22. The lowest BCUT2D eigenvalue weighted by Crippen LogP contribution is -2.34. The van der Waals surface area contributed by atoms with Crippen molar-refractivity contribution in [3.8, 4) is 0 Å². The van der Waals surface area contributed by atoms with E-state index in [9.17, 15) is 14.7 Å². The van der Waals surface area contributed by atoms with Gasteiger partial charge in [-0.25, -0.2) is 0 Å². The van der Waals surface area contributed by atoms with Gasteiger partial charge in [0.25, 0.3) is 11.8 Å². The maximum absolute atomic E-state index is 13.1. The number of aliphatic hydroxyl groups is 1. The third-order valence-electron chi connectivity index (χ3n) is 6.68. The van der Waals surface area contributed by atoms with Crippen molar-refractivity contribution in [1.29, 1.82) is 0 Å². The number of nitrogens with zero attached hydrogens (tertiary/aromatic N) is 2. The number of imide groups is 1. The topological polar surface area (TPSA) is 90.4 Å². The Labute approximate surface area is 211 Å². The molecular weight excluding hydrogens is 508 g/mol. The van der Waals surface area contributed by atoms with Gasteiger partial charge in [0.15, 0.2) is 0 Å². The maximum Gasteiger partial charge on any atom is 0.259 e. The van der Waals surface area contributed by atoms with E-state index >= 15 is 0 Å². The minimum atomic E-state index is -0.591. The average Bonchev–Trinajstić information content (AvgIpc) is 3.51. The second kappa shape index (κ2) is 9.45. The van der Waals surface area contributed by atoms with Crippen LogP contribution in [0, 0.1) is 0 Å². The van der Waals surface area contributed by atoms with Gasteiger partial charge in [0, 0.05) is 57.4 Å². The van der Waals surface area contributed by atoms with Crippen LogP contribution in [0.1, 0.15) is 25.0 Å². The molecule has 1 unspecified atom stereocenters. The molecule has 1 atom stereocenters. The standard InChI is InChI=1S/C27H27BrN4O3/c1-3-31(4-2)13-16(33)14-32-15-20(18-9-7-10-21(28)25(18)32)24-23(26(34)30-27(24)35)19-12-29-22-11-6-5-8-17(19)22/h5-12,15-16,29,33H,3-4,13-14H2,1-2H3,(H,30,34,35). The summed E-state index contributed by atoms with van der Waals surface area (Å²) in [5.74, 6) is -0.829. The van der Waals surface area contributed by atoms with Crippen molar-refractivity contribution in [2.24, 2.45) is 0 Å². The van der Waals surface area contributed by atoms with Crippen LogP contribution in [0.25, 0.3) is 33.0 Å². The van der Waals surface area contributed by atoms with Crippen LogP contribution in [-0.2, 0) is 16.1 Å². The molecule has 0 saturated carbocycles. The first-order valence-electron chi connectivity index (χ1n) is 11.8. The lowest BCUT2D eigenvalue weighted by atomic mass is 9.95. The van der Waals surface area contributed by atoms with E-state index in [4.69, 9.17) is 0 Å². The Hall–Kier alpha value is -3.20. The van der Waals surface area contributed by atoms with Crippen LogP contribution in [0.3, 0.4) is 0 Å². The molecule has 7 nitrogen and oxygen atoms in total. The summed E-state index contributed by atoms with van der Waals surface area (Å²) in [4.78, 5) is 31.5. The molecule has 2 amide bonds. The SMILES string of the molecule is CCN(CC)CC(O)Cn1cc(C2=C(c3c[nH]c4ccccc34)C(=O)NC2=O)c2cccc(Br)c21. The molecule has 5 rings (SSSR count). The number of halogens is 1. The summed E-state index contributed by atoms with van der Waals surface area (Å²) < 4.78 is 2.83. The number of rotatable bonds is 8. The molecule has 8 heteroatoms. The minimum absolute atomic E-state index is 0.347. The van der Waals surface area contributed by atoms with E-state index in [1.54, 1.807) is 6.20 Å². The number of carbonyl (C=O) groups excluding carboxylic acids is 2. The van der Waals surface area contributed by atoms with E-state index in [1.807, 2.05) is 53.2 Å². The molecule has 35 heavy (non-hydrogen) atoms. The van der Waals surface area contributed by atoms with E-state index < -0.39 is 17.9 Å². The monoisotopic (exact) mass is 534 g/mol. The minimum Gasteiger partial charge on any atom is -0.390 e. The molecule has 0 bridgehead atoms. The van der Waals surface area contributed by atoms with Crippen LogP contribution >= 0.6 is 15.9 Å². The van der Waals surface area contributed by atoms with Gasteiger partial charge in [0.2, 0.25) is 0 Å². The first-order chi connectivity index (χ1) is 16.9. The highest BCUT2D eigenvalue weighted by Gasteiger charge is 2.35. The number of hydrogen-bond donors (Lipinski definition) is 3. The molecule has 0 fully saturated rings. The first-order valence-corrected chi connectivity index (χ1v) is 12.6. The van der Waals surface area contributed by atoms with Gasteiger partial charge in [-0.05, 0) is 41.2 Å². The van der Waals surface area contributed by atoms with E-state index in [0.29, 0.717) is 35.4 Å². The fraction of sp³-hybridized carbons (Fsp3) is 0.259. The molecule has 1 aliphatic heterocycles. The van der Waals surface area contributed by atoms with Crippen molar-refractivity contribution in [3.63, 3.8) is 0 Å². The number of H-pyrrole nitrogens is 1. The molecule has 2 aromatic carbocycles. The molecule has 180 valence electrons. The molecule has 0 spiro atoms. The zero-order valence-corrected chi connectivity index (χ0v) is 21.2. The summed E-state index contributed by atoms with van der Waals surface area (Å²) in [6.07, 6.45) is 3.07. The Kier molecular flexibility index (Phi) is 6.35. The number of amides is 2. The smallest absolute Gasteiger partial charge is 0.259 e. The van der Waals surface area contributed by atoms with Gasteiger partial charge in [-0.15, -0.1) is 0 Å². The van der Waals surface area contributed by atoms with Crippen LogP contribution in [0.2, 0.25) is 0 Å². The highest BCUT2D eigenvalue weighted by molar-refractivity contribution is 9.10. The average molecular weight is 535 g/mol. The van der Waals surface area contributed by atoms with Crippen LogP contribution in [0.15, 0.2) is 59.3 Å². The quantitative estimate of drug-likeness (QED) is 0.296. The first kappa shape index (κ1) is 23.5. The molecule has 4 aromatic rings. The predicted molar refractivity (Wildman–Crippen MR) is 142 cm³/mol. The van der Waals surface area contributed by atoms with Crippen molar-refractivity contribution in [3.05, 3.63) is 70.5 Å².